The van der Waals surface area contributed by atoms with Crippen molar-refractivity contribution in [3.05, 3.63) is 70.8 Å². The van der Waals surface area contributed by atoms with E-state index in [-0.39, 0.29) is 11.9 Å². The van der Waals surface area contributed by atoms with E-state index in [1.54, 1.807) is 18.2 Å². The second kappa shape index (κ2) is 11.9. The number of hydrogen-bond acceptors (Lipinski definition) is 5. The first-order valence-electron chi connectivity index (χ1n) is 12.8. The van der Waals surface area contributed by atoms with E-state index in [9.17, 15) is 18.5 Å². The van der Waals surface area contributed by atoms with Crippen molar-refractivity contribution >= 4 is 21.8 Å². The van der Waals surface area contributed by atoms with Gasteiger partial charge in [-0.1, -0.05) is 24.3 Å². The van der Waals surface area contributed by atoms with Crippen LogP contribution in [-0.2, 0) is 27.5 Å². The summed E-state index contributed by atoms with van der Waals surface area (Å²) in [4.78, 5) is 15.3. The van der Waals surface area contributed by atoms with Crippen LogP contribution in [0.5, 0.6) is 0 Å². The number of hydrogen-bond donors (Lipinski definition) is 1. The molecule has 1 N–H and O–H groups in total. The predicted octanol–water partition coefficient (Wildman–Crippen LogP) is 4.14. The number of carbonyl (C=O) groups excluding carboxylic acids is 1. The highest BCUT2D eigenvalue weighted by Gasteiger charge is 2.23. The van der Waals surface area contributed by atoms with E-state index in [1.807, 2.05) is 30.3 Å². The van der Waals surface area contributed by atoms with Crippen molar-refractivity contribution in [2.24, 2.45) is 5.92 Å². The molecule has 0 atom stereocenters. The molecule has 0 unspecified atom stereocenters. The molecule has 0 saturated heterocycles. The molecular weight excluding hydrogens is 470 g/mol. The molecule has 1 heterocycles. The summed E-state index contributed by atoms with van der Waals surface area (Å²) in [6, 6.07) is 15.2. The first-order chi connectivity index (χ1) is 17.3. The minimum absolute atomic E-state index is 0.102. The highest BCUT2D eigenvalue weighted by atomic mass is 32.2. The average Bonchev–Trinajstić information content (AvgIpc) is 3.08. The van der Waals surface area contributed by atoms with E-state index in [0.29, 0.717) is 16.4 Å². The molecule has 0 radical (unpaired) electrons. The highest BCUT2D eigenvalue weighted by molar-refractivity contribution is 7.90. The highest BCUT2D eigenvalue weighted by Crippen LogP contribution is 2.28. The fraction of sp³-hybridized carbons (Fsp3) is 0.448. The number of amides is 1. The monoisotopic (exact) mass is 505 g/mol. The Morgan fingerprint density at radius 3 is 2.53 bits per heavy atom. The van der Waals surface area contributed by atoms with Crippen LogP contribution in [0, 0.1) is 17.2 Å². The van der Waals surface area contributed by atoms with E-state index in [4.69, 9.17) is 0 Å². The maximum Gasteiger partial charge on any atom is 0.244 e. The topological polar surface area (TPSA) is 90.3 Å². The van der Waals surface area contributed by atoms with Gasteiger partial charge in [0.05, 0.1) is 16.5 Å². The standard InChI is InChI=1S/C29H35N3O3S/c1-36(34,35)28-12-8-24-15-18-32(19-16-25(24)20-28)17-14-22-6-10-27(11-7-22)31-29(33)13-9-23-4-2-3-5-26(23)21-30/h2-5,8-9,12-13,20,22,27H,6-7,10-11,14-19H2,1H3,(H,31,33)/b13-9+. The van der Waals surface area contributed by atoms with E-state index >= 15 is 0 Å². The first-order valence-corrected chi connectivity index (χ1v) is 14.7. The molecule has 1 amide bonds. The largest absolute Gasteiger partial charge is 0.350 e. The summed E-state index contributed by atoms with van der Waals surface area (Å²) in [5.41, 5.74) is 3.76. The van der Waals surface area contributed by atoms with Gasteiger partial charge in [0.1, 0.15) is 0 Å². The van der Waals surface area contributed by atoms with Crippen molar-refractivity contribution in [1.29, 1.82) is 5.26 Å². The zero-order valence-corrected chi connectivity index (χ0v) is 21.8. The molecule has 2 aromatic carbocycles. The smallest absolute Gasteiger partial charge is 0.244 e. The minimum atomic E-state index is -3.17. The van der Waals surface area contributed by atoms with Crippen LogP contribution in [0.2, 0.25) is 0 Å². The molecule has 36 heavy (non-hydrogen) atoms. The van der Waals surface area contributed by atoms with Gasteiger partial charge in [-0.3, -0.25) is 4.79 Å². The zero-order valence-electron chi connectivity index (χ0n) is 20.9. The molecule has 1 fully saturated rings. The SMILES string of the molecule is CS(=O)(=O)c1ccc2c(c1)CCN(CCC1CCC(NC(=O)/C=C/c3ccccc3C#N)CC1)CC2. The van der Waals surface area contributed by atoms with Crippen LogP contribution in [0.4, 0.5) is 0 Å². The summed E-state index contributed by atoms with van der Waals surface area (Å²) in [6.07, 6.45) is 11.8. The molecule has 7 heteroatoms. The lowest BCUT2D eigenvalue weighted by Gasteiger charge is -2.30. The summed E-state index contributed by atoms with van der Waals surface area (Å²) in [5, 5.41) is 12.3. The van der Waals surface area contributed by atoms with Gasteiger partial charge in [0.15, 0.2) is 9.84 Å². The van der Waals surface area contributed by atoms with Crippen molar-refractivity contribution in [2.75, 3.05) is 25.9 Å². The van der Waals surface area contributed by atoms with Crippen LogP contribution in [-0.4, -0.2) is 51.2 Å². The summed E-state index contributed by atoms with van der Waals surface area (Å²) in [7, 11) is -3.17. The van der Waals surface area contributed by atoms with Gasteiger partial charge in [-0.25, -0.2) is 8.42 Å². The normalized spacial score (nSPS) is 20.9. The maximum atomic E-state index is 12.4. The molecule has 0 spiro atoms. The Kier molecular flexibility index (Phi) is 8.60. The van der Waals surface area contributed by atoms with Gasteiger partial charge in [-0.15, -0.1) is 0 Å². The molecule has 1 aliphatic carbocycles. The van der Waals surface area contributed by atoms with Gasteiger partial charge in [0.2, 0.25) is 5.91 Å². The van der Waals surface area contributed by atoms with Crippen molar-refractivity contribution in [3.63, 3.8) is 0 Å². The van der Waals surface area contributed by atoms with Crippen LogP contribution in [0.15, 0.2) is 53.4 Å². The number of fused-ring (bicyclic) bond motifs is 1. The quantitative estimate of drug-likeness (QED) is 0.571. The molecule has 4 rings (SSSR count). The van der Waals surface area contributed by atoms with Crippen molar-refractivity contribution in [3.8, 4) is 6.07 Å². The van der Waals surface area contributed by atoms with Gasteiger partial charge in [0, 0.05) is 31.5 Å². The third-order valence-electron chi connectivity index (χ3n) is 7.54. The Balaban J connectivity index is 1.19. The second-order valence-corrected chi connectivity index (χ2v) is 12.1. The van der Waals surface area contributed by atoms with Crippen LogP contribution in [0.25, 0.3) is 6.08 Å². The Hall–Kier alpha value is -2.95. The first kappa shape index (κ1) is 26.1. The van der Waals surface area contributed by atoms with Crippen molar-refractivity contribution < 1.29 is 13.2 Å². The summed E-state index contributed by atoms with van der Waals surface area (Å²) >= 11 is 0. The van der Waals surface area contributed by atoms with Crippen molar-refractivity contribution in [2.45, 2.75) is 55.9 Å². The number of nitrogens with zero attached hydrogens (tertiary/aromatic N) is 2. The number of nitrogens with one attached hydrogen (secondary N) is 1. The number of rotatable bonds is 7. The predicted molar refractivity (Wildman–Crippen MR) is 142 cm³/mol. The van der Waals surface area contributed by atoms with Gasteiger partial charge < -0.3 is 10.2 Å². The van der Waals surface area contributed by atoms with Gasteiger partial charge in [0.25, 0.3) is 0 Å². The lowest BCUT2D eigenvalue weighted by Crippen LogP contribution is -2.37. The molecular formula is C29H35N3O3S. The number of sulfone groups is 1. The van der Waals surface area contributed by atoms with E-state index in [1.165, 1.54) is 23.5 Å². The Bertz CT molecular complexity index is 1250. The third-order valence-corrected chi connectivity index (χ3v) is 8.65. The van der Waals surface area contributed by atoms with Crippen LogP contribution in [0.1, 0.15) is 54.4 Å². The van der Waals surface area contributed by atoms with Gasteiger partial charge in [-0.05, 0) is 98.4 Å². The van der Waals surface area contributed by atoms with Gasteiger partial charge >= 0.3 is 0 Å². The molecule has 0 aromatic heterocycles. The fourth-order valence-electron chi connectivity index (χ4n) is 5.32. The number of carbonyl (C=O) groups is 1. The van der Waals surface area contributed by atoms with E-state index in [0.717, 1.165) is 70.1 Å². The Morgan fingerprint density at radius 2 is 1.81 bits per heavy atom. The van der Waals surface area contributed by atoms with E-state index < -0.39 is 9.84 Å². The summed E-state index contributed by atoms with van der Waals surface area (Å²) in [5.74, 6) is 0.577. The fourth-order valence-corrected chi connectivity index (χ4v) is 5.99. The molecule has 190 valence electrons. The van der Waals surface area contributed by atoms with E-state index in [2.05, 4.69) is 16.3 Å². The zero-order chi connectivity index (χ0) is 25.5. The second-order valence-electron chi connectivity index (χ2n) is 10.1. The number of nitriles is 1. The lowest BCUT2D eigenvalue weighted by atomic mass is 9.84. The third kappa shape index (κ3) is 7.05. The van der Waals surface area contributed by atoms with Crippen LogP contribution in [0.3, 0.4) is 0 Å². The minimum Gasteiger partial charge on any atom is -0.350 e. The molecule has 6 nitrogen and oxygen atoms in total. The summed E-state index contributed by atoms with van der Waals surface area (Å²) < 4.78 is 23.8. The maximum absolute atomic E-state index is 12.4. The lowest BCUT2D eigenvalue weighted by molar-refractivity contribution is -0.117. The molecule has 1 aliphatic heterocycles. The Morgan fingerprint density at radius 1 is 1.08 bits per heavy atom. The molecule has 2 aromatic rings. The average molecular weight is 506 g/mol. The van der Waals surface area contributed by atoms with Crippen molar-refractivity contribution in [1.82, 2.24) is 10.2 Å². The van der Waals surface area contributed by atoms with Gasteiger partial charge in [-0.2, -0.15) is 5.26 Å². The molecule has 1 saturated carbocycles. The van der Waals surface area contributed by atoms with Crippen LogP contribution >= 0.6 is 0 Å². The Labute approximate surface area is 214 Å². The number of benzene rings is 2. The molecule has 0 bridgehead atoms. The molecule has 2 aliphatic rings. The summed E-state index contributed by atoms with van der Waals surface area (Å²) in [6.45, 7) is 3.04. The van der Waals surface area contributed by atoms with Crippen LogP contribution < -0.4 is 5.32 Å².